The summed E-state index contributed by atoms with van der Waals surface area (Å²) in [5.41, 5.74) is 0. The van der Waals surface area contributed by atoms with E-state index < -0.39 is 5.97 Å². The quantitative estimate of drug-likeness (QED) is 0.620. The average molecular weight is 173 g/mol. The van der Waals surface area contributed by atoms with E-state index in [0.717, 1.165) is 13.1 Å². The van der Waals surface area contributed by atoms with Crippen LogP contribution in [0, 0.1) is 0 Å². The SMILES string of the molecule is CCN(CC)CC(=O)O.[Ca+2].[H-].[H-]. The molecule has 0 aliphatic rings. The van der Waals surface area contributed by atoms with Crippen molar-refractivity contribution >= 4 is 43.7 Å². The van der Waals surface area contributed by atoms with E-state index in [2.05, 4.69) is 0 Å². The van der Waals surface area contributed by atoms with Crippen LogP contribution in [0.5, 0.6) is 0 Å². The van der Waals surface area contributed by atoms with Gasteiger partial charge in [-0.05, 0) is 13.1 Å². The zero-order chi connectivity index (χ0) is 7.28. The van der Waals surface area contributed by atoms with Crippen molar-refractivity contribution in [2.45, 2.75) is 13.8 Å². The molecule has 0 aromatic heterocycles. The molecule has 0 aromatic rings. The summed E-state index contributed by atoms with van der Waals surface area (Å²) >= 11 is 0. The molecule has 0 aromatic carbocycles. The van der Waals surface area contributed by atoms with Crippen LogP contribution in [0.4, 0.5) is 0 Å². The Balaban J connectivity index is -0.000000107. The Labute approximate surface area is 94.4 Å². The van der Waals surface area contributed by atoms with Crippen molar-refractivity contribution in [1.29, 1.82) is 0 Å². The largest absolute Gasteiger partial charge is 2.00 e. The topological polar surface area (TPSA) is 40.5 Å². The Bertz CT molecular complexity index is 102. The predicted molar refractivity (Wildman–Crippen MR) is 43.4 cm³/mol. The van der Waals surface area contributed by atoms with Gasteiger partial charge < -0.3 is 7.96 Å². The van der Waals surface area contributed by atoms with Crippen molar-refractivity contribution in [1.82, 2.24) is 4.90 Å². The third-order valence-electron chi connectivity index (χ3n) is 1.25. The van der Waals surface area contributed by atoms with Gasteiger partial charge in [-0.2, -0.15) is 0 Å². The zero-order valence-corrected chi connectivity index (χ0v) is 8.84. The normalized spacial score (nSPS) is 9.10. The minimum absolute atomic E-state index is 0. The molecule has 4 heteroatoms. The predicted octanol–water partition coefficient (Wildman–Crippen LogP) is 0.257. The molecule has 0 saturated carbocycles. The summed E-state index contributed by atoms with van der Waals surface area (Å²) in [4.78, 5) is 11.9. The molecule has 0 heterocycles. The molecular weight excluding hydrogens is 158 g/mol. The van der Waals surface area contributed by atoms with Crippen LogP contribution in [-0.2, 0) is 4.79 Å². The van der Waals surface area contributed by atoms with Crippen LogP contribution in [0.3, 0.4) is 0 Å². The van der Waals surface area contributed by atoms with Crippen LogP contribution >= 0.6 is 0 Å². The van der Waals surface area contributed by atoms with E-state index in [4.69, 9.17) is 5.11 Å². The Morgan fingerprint density at radius 1 is 1.50 bits per heavy atom. The maximum Gasteiger partial charge on any atom is 2.00 e. The van der Waals surface area contributed by atoms with Crippen molar-refractivity contribution < 1.29 is 12.8 Å². The molecule has 0 spiro atoms. The van der Waals surface area contributed by atoms with Gasteiger partial charge >= 0.3 is 43.7 Å². The first kappa shape index (κ1) is 13.3. The molecule has 58 valence electrons. The van der Waals surface area contributed by atoms with Gasteiger partial charge in [-0.25, -0.2) is 0 Å². The summed E-state index contributed by atoms with van der Waals surface area (Å²) in [5.74, 6) is -0.751. The van der Waals surface area contributed by atoms with Crippen molar-refractivity contribution in [2.75, 3.05) is 19.6 Å². The number of likely N-dealkylation sites (N-methyl/N-ethyl adjacent to an activating group) is 1. The smallest absolute Gasteiger partial charge is 1.00 e. The number of hydrogen-bond acceptors (Lipinski definition) is 2. The zero-order valence-electron chi connectivity index (χ0n) is 8.63. The molecular formula is C6H15CaNO2. The first-order valence-corrected chi connectivity index (χ1v) is 3.14. The van der Waals surface area contributed by atoms with Gasteiger partial charge in [0.25, 0.3) is 0 Å². The van der Waals surface area contributed by atoms with Gasteiger partial charge in [-0.1, -0.05) is 13.8 Å². The van der Waals surface area contributed by atoms with E-state index >= 15 is 0 Å². The van der Waals surface area contributed by atoms with Crippen molar-refractivity contribution in [3.05, 3.63) is 0 Å². The van der Waals surface area contributed by atoms with Crippen LogP contribution in [-0.4, -0.2) is 73.3 Å². The summed E-state index contributed by atoms with van der Waals surface area (Å²) in [6, 6.07) is 0. The van der Waals surface area contributed by atoms with E-state index in [-0.39, 0.29) is 47.1 Å². The molecule has 10 heavy (non-hydrogen) atoms. The second kappa shape index (κ2) is 7.79. The number of hydrogen-bond donors (Lipinski definition) is 1. The van der Waals surface area contributed by atoms with E-state index in [1.165, 1.54) is 0 Å². The van der Waals surface area contributed by atoms with Crippen LogP contribution in [0.1, 0.15) is 16.7 Å². The van der Waals surface area contributed by atoms with E-state index in [1.54, 1.807) is 0 Å². The summed E-state index contributed by atoms with van der Waals surface area (Å²) in [5, 5.41) is 8.30. The van der Waals surface area contributed by atoms with Crippen LogP contribution < -0.4 is 0 Å². The fraction of sp³-hybridized carbons (Fsp3) is 0.833. The van der Waals surface area contributed by atoms with Crippen LogP contribution in [0.15, 0.2) is 0 Å². The maximum absolute atomic E-state index is 10.1. The first-order chi connectivity index (χ1) is 4.20. The van der Waals surface area contributed by atoms with Crippen molar-refractivity contribution in [2.24, 2.45) is 0 Å². The first-order valence-electron chi connectivity index (χ1n) is 3.14. The van der Waals surface area contributed by atoms with E-state index in [9.17, 15) is 4.79 Å². The van der Waals surface area contributed by atoms with Gasteiger partial charge in [-0.3, -0.25) is 9.69 Å². The number of carboxylic acid groups (broad SMARTS) is 1. The second-order valence-electron chi connectivity index (χ2n) is 1.86. The number of rotatable bonds is 4. The van der Waals surface area contributed by atoms with Crippen LogP contribution in [0.2, 0.25) is 0 Å². The van der Waals surface area contributed by atoms with E-state index in [0.29, 0.717) is 0 Å². The fourth-order valence-electron chi connectivity index (χ4n) is 0.639. The molecule has 0 radical (unpaired) electrons. The second-order valence-corrected chi connectivity index (χ2v) is 1.86. The van der Waals surface area contributed by atoms with Gasteiger partial charge in [0.05, 0.1) is 6.54 Å². The van der Waals surface area contributed by atoms with Gasteiger partial charge in [0.2, 0.25) is 0 Å². The molecule has 0 aliphatic heterocycles. The summed E-state index contributed by atoms with van der Waals surface area (Å²) < 4.78 is 0. The van der Waals surface area contributed by atoms with Gasteiger partial charge in [0.15, 0.2) is 0 Å². The molecule has 0 amide bonds. The maximum atomic E-state index is 10.1. The number of carbonyl (C=O) groups is 1. The summed E-state index contributed by atoms with van der Waals surface area (Å²) in [7, 11) is 0. The molecule has 1 N–H and O–H groups in total. The molecule has 0 fully saturated rings. The number of aliphatic carboxylic acids is 1. The summed E-state index contributed by atoms with van der Waals surface area (Å²) in [6.45, 7) is 5.68. The Kier molecular flexibility index (Phi) is 10.4. The Hall–Kier alpha value is 0.690. The Morgan fingerprint density at radius 3 is 2.00 bits per heavy atom. The van der Waals surface area contributed by atoms with Crippen molar-refractivity contribution in [3.8, 4) is 0 Å². The fourth-order valence-corrected chi connectivity index (χ4v) is 0.639. The van der Waals surface area contributed by atoms with E-state index in [1.807, 2.05) is 18.7 Å². The minimum atomic E-state index is -0.751. The molecule has 0 atom stereocenters. The molecule has 0 aliphatic carbocycles. The van der Waals surface area contributed by atoms with Gasteiger partial charge in [0, 0.05) is 0 Å². The number of carboxylic acids is 1. The molecule has 0 rings (SSSR count). The molecule has 0 unspecified atom stereocenters. The van der Waals surface area contributed by atoms with Gasteiger partial charge in [0.1, 0.15) is 0 Å². The third kappa shape index (κ3) is 6.80. The Morgan fingerprint density at radius 2 is 1.90 bits per heavy atom. The molecule has 3 nitrogen and oxygen atoms in total. The average Bonchev–Trinajstić information content (AvgIpc) is 1.82. The van der Waals surface area contributed by atoms with Gasteiger partial charge in [-0.15, -0.1) is 0 Å². The third-order valence-corrected chi connectivity index (χ3v) is 1.25. The van der Waals surface area contributed by atoms with Crippen molar-refractivity contribution in [3.63, 3.8) is 0 Å². The number of nitrogens with zero attached hydrogens (tertiary/aromatic N) is 1. The molecule has 0 saturated heterocycles. The van der Waals surface area contributed by atoms with Crippen LogP contribution in [0.25, 0.3) is 0 Å². The molecule has 0 bridgehead atoms. The standard InChI is InChI=1S/C6H13NO2.Ca.2H/c1-3-7(4-2)5-6(8)9;;;/h3-5H2,1-2H3,(H,8,9);;;/q;+2;2*-1. The minimum Gasteiger partial charge on any atom is -1.00 e. The summed E-state index contributed by atoms with van der Waals surface area (Å²) in [6.07, 6.45) is 0. The monoisotopic (exact) mass is 173 g/mol.